The quantitative estimate of drug-likeness (QED) is 0.566. The van der Waals surface area contributed by atoms with Crippen molar-refractivity contribution in [1.29, 1.82) is 0 Å². The number of nitrogens with two attached hydrogens (primary N) is 2. The molecule has 2 heterocycles. The van der Waals surface area contributed by atoms with E-state index in [0.717, 1.165) is 37.2 Å². The lowest BCUT2D eigenvalue weighted by atomic mass is 9.94. The first kappa shape index (κ1) is 17.0. The molecule has 5 N–H and O–H groups in total. The monoisotopic (exact) mass is 340 g/mol. The van der Waals surface area contributed by atoms with Crippen LogP contribution in [0.2, 0.25) is 0 Å². The van der Waals surface area contributed by atoms with E-state index < -0.39 is 5.91 Å². The third-order valence-corrected chi connectivity index (χ3v) is 4.60. The van der Waals surface area contributed by atoms with Gasteiger partial charge < -0.3 is 16.8 Å². The molecule has 0 spiro atoms. The number of nitrogens with zero attached hydrogens (tertiary/aromatic N) is 3. The van der Waals surface area contributed by atoms with Gasteiger partial charge in [0, 0.05) is 18.8 Å². The largest absolute Gasteiger partial charge is 0.370 e. The molecule has 25 heavy (non-hydrogen) atoms. The standard InChI is InChI=1S/C18H24N6O/c1-2-12-3-5-14(6-4-12)23-18(20)21-10-13-7-8-24-16(9-13)15(11-22-24)17(19)25/h3-6,11,13H,2,7-10H2,1H3,(H2,19,25)(H3,20,21,23). The number of hydrogen-bond donors (Lipinski definition) is 3. The van der Waals surface area contributed by atoms with Crippen molar-refractivity contribution in [3.63, 3.8) is 0 Å². The molecule has 1 aliphatic heterocycles. The number of nitrogens with one attached hydrogen (secondary N) is 1. The molecule has 1 aromatic carbocycles. The molecule has 0 fully saturated rings. The van der Waals surface area contributed by atoms with Crippen molar-refractivity contribution in [1.82, 2.24) is 9.78 Å². The van der Waals surface area contributed by atoms with Gasteiger partial charge in [0.2, 0.25) is 0 Å². The predicted molar refractivity (Wildman–Crippen MR) is 98.5 cm³/mol. The molecule has 1 aliphatic rings. The number of primary amides is 1. The van der Waals surface area contributed by atoms with Gasteiger partial charge in [0.1, 0.15) is 0 Å². The Labute approximate surface area is 147 Å². The van der Waals surface area contributed by atoms with Crippen LogP contribution < -0.4 is 16.8 Å². The lowest BCUT2D eigenvalue weighted by molar-refractivity contribution is 0.0998. The number of anilines is 1. The summed E-state index contributed by atoms with van der Waals surface area (Å²) in [5.74, 6) is 0.297. The number of aromatic nitrogens is 2. The number of amides is 1. The number of aryl methyl sites for hydroxylation is 2. The topological polar surface area (TPSA) is 111 Å². The molecule has 132 valence electrons. The summed E-state index contributed by atoms with van der Waals surface area (Å²) in [4.78, 5) is 15.9. The van der Waals surface area contributed by atoms with Crippen LogP contribution in [0.3, 0.4) is 0 Å². The molecule has 1 atom stereocenters. The van der Waals surface area contributed by atoms with Gasteiger partial charge in [-0.2, -0.15) is 5.10 Å². The highest BCUT2D eigenvalue weighted by atomic mass is 16.1. The molecule has 2 aromatic rings. The van der Waals surface area contributed by atoms with E-state index in [4.69, 9.17) is 11.5 Å². The second-order valence-corrected chi connectivity index (χ2v) is 6.35. The van der Waals surface area contributed by atoms with Crippen molar-refractivity contribution in [3.05, 3.63) is 47.3 Å². The fraction of sp³-hybridized carbons (Fsp3) is 0.389. The number of carbonyl (C=O) groups excluding carboxylic acids is 1. The number of fused-ring (bicyclic) bond motifs is 1. The molecule has 3 rings (SSSR count). The molecule has 1 amide bonds. The highest BCUT2D eigenvalue weighted by Gasteiger charge is 2.24. The van der Waals surface area contributed by atoms with Gasteiger partial charge in [0.25, 0.3) is 5.91 Å². The average molecular weight is 340 g/mol. The van der Waals surface area contributed by atoms with Gasteiger partial charge in [-0.15, -0.1) is 0 Å². The Bertz CT molecular complexity index is 777. The molecule has 0 radical (unpaired) electrons. The summed E-state index contributed by atoms with van der Waals surface area (Å²) in [5.41, 5.74) is 15.0. The van der Waals surface area contributed by atoms with Crippen molar-refractivity contribution < 1.29 is 4.79 Å². The maximum atomic E-state index is 11.5. The molecule has 0 saturated carbocycles. The van der Waals surface area contributed by atoms with Crippen LogP contribution in [0, 0.1) is 5.92 Å². The molecule has 1 aromatic heterocycles. The van der Waals surface area contributed by atoms with E-state index in [1.807, 2.05) is 16.8 Å². The first-order valence-corrected chi connectivity index (χ1v) is 8.57. The van der Waals surface area contributed by atoms with Crippen molar-refractivity contribution in [2.45, 2.75) is 32.7 Å². The minimum atomic E-state index is -0.429. The smallest absolute Gasteiger partial charge is 0.252 e. The summed E-state index contributed by atoms with van der Waals surface area (Å²) < 4.78 is 1.86. The Morgan fingerprint density at radius 2 is 2.12 bits per heavy atom. The van der Waals surface area contributed by atoms with Crippen molar-refractivity contribution in [3.8, 4) is 0 Å². The number of carbonyl (C=O) groups is 1. The molecule has 0 saturated heterocycles. The maximum Gasteiger partial charge on any atom is 0.252 e. The highest BCUT2D eigenvalue weighted by molar-refractivity contribution is 5.94. The lowest BCUT2D eigenvalue weighted by Crippen LogP contribution is -2.27. The van der Waals surface area contributed by atoms with E-state index in [1.165, 1.54) is 5.56 Å². The van der Waals surface area contributed by atoms with Gasteiger partial charge in [-0.1, -0.05) is 19.1 Å². The Kier molecular flexibility index (Phi) is 5.02. The number of benzene rings is 1. The van der Waals surface area contributed by atoms with Crippen molar-refractivity contribution >= 4 is 17.6 Å². The molecule has 1 unspecified atom stereocenters. The van der Waals surface area contributed by atoms with Crippen LogP contribution in [0.25, 0.3) is 0 Å². The SMILES string of the molecule is CCc1ccc(NC(N)=NCC2CCn3ncc(C(N)=O)c3C2)cc1. The Morgan fingerprint density at radius 1 is 1.36 bits per heavy atom. The molecule has 0 bridgehead atoms. The second kappa shape index (κ2) is 7.38. The van der Waals surface area contributed by atoms with Crippen LogP contribution in [-0.4, -0.2) is 28.2 Å². The van der Waals surface area contributed by atoms with Gasteiger partial charge in [-0.05, 0) is 42.9 Å². The Balaban J connectivity index is 1.59. The van der Waals surface area contributed by atoms with Crippen LogP contribution in [-0.2, 0) is 19.4 Å². The predicted octanol–water partition coefficient (Wildman–Crippen LogP) is 1.53. The van der Waals surface area contributed by atoms with E-state index in [2.05, 4.69) is 34.5 Å². The molecular weight excluding hydrogens is 316 g/mol. The second-order valence-electron chi connectivity index (χ2n) is 6.35. The van der Waals surface area contributed by atoms with E-state index >= 15 is 0 Å². The van der Waals surface area contributed by atoms with E-state index in [-0.39, 0.29) is 0 Å². The number of aliphatic imine (C=N–C) groups is 1. The zero-order chi connectivity index (χ0) is 17.8. The summed E-state index contributed by atoms with van der Waals surface area (Å²) in [5, 5.41) is 7.33. The molecule has 7 heteroatoms. The van der Waals surface area contributed by atoms with Crippen molar-refractivity contribution in [2.75, 3.05) is 11.9 Å². The average Bonchev–Trinajstić information content (AvgIpc) is 3.04. The zero-order valence-corrected chi connectivity index (χ0v) is 14.4. The first-order valence-electron chi connectivity index (χ1n) is 8.57. The fourth-order valence-electron chi connectivity index (χ4n) is 3.10. The number of hydrogen-bond acceptors (Lipinski definition) is 3. The van der Waals surface area contributed by atoms with Gasteiger partial charge in [0.05, 0.1) is 17.5 Å². The maximum absolute atomic E-state index is 11.5. The lowest BCUT2D eigenvalue weighted by Gasteiger charge is -2.22. The molecular formula is C18H24N6O. The van der Waals surface area contributed by atoms with Gasteiger partial charge in [-0.25, -0.2) is 0 Å². The molecule has 7 nitrogen and oxygen atoms in total. The third kappa shape index (κ3) is 3.99. The number of rotatable bonds is 5. The van der Waals surface area contributed by atoms with Crippen LogP contribution >= 0.6 is 0 Å². The summed E-state index contributed by atoms with van der Waals surface area (Å²) in [6.45, 7) is 3.50. The summed E-state index contributed by atoms with van der Waals surface area (Å²) in [7, 11) is 0. The van der Waals surface area contributed by atoms with Crippen LogP contribution in [0.4, 0.5) is 5.69 Å². The van der Waals surface area contributed by atoms with Gasteiger partial charge in [0.15, 0.2) is 5.96 Å². The minimum Gasteiger partial charge on any atom is -0.370 e. The third-order valence-electron chi connectivity index (χ3n) is 4.60. The summed E-state index contributed by atoms with van der Waals surface area (Å²) >= 11 is 0. The first-order chi connectivity index (χ1) is 12.1. The Hall–Kier alpha value is -2.83. The number of guanidine groups is 1. The van der Waals surface area contributed by atoms with Crippen LogP contribution in [0.15, 0.2) is 35.5 Å². The Morgan fingerprint density at radius 3 is 2.80 bits per heavy atom. The van der Waals surface area contributed by atoms with Crippen LogP contribution in [0.5, 0.6) is 0 Å². The van der Waals surface area contributed by atoms with Crippen LogP contribution in [0.1, 0.15) is 35.0 Å². The summed E-state index contributed by atoms with van der Waals surface area (Å²) in [6.07, 6.45) is 4.25. The molecule has 0 aliphatic carbocycles. The minimum absolute atomic E-state index is 0.324. The van der Waals surface area contributed by atoms with Gasteiger partial charge >= 0.3 is 0 Å². The van der Waals surface area contributed by atoms with Crippen molar-refractivity contribution in [2.24, 2.45) is 22.4 Å². The van der Waals surface area contributed by atoms with E-state index in [9.17, 15) is 4.79 Å². The highest BCUT2D eigenvalue weighted by Crippen LogP contribution is 2.23. The summed E-state index contributed by atoms with van der Waals surface area (Å²) in [6, 6.07) is 8.14. The van der Waals surface area contributed by atoms with E-state index in [0.29, 0.717) is 24.0 Å². The van der Waals surface area contributed by atoms with E-state index in [1.54, 1.807) is 6.20 Å². The van der Waals surface area contributed by atoms with Gasteiger partial charge in [-0.3, -0.25) is 14.5 Å². The zero-order valence-electron chi connectivity index (χ0n) is 14.4. The fourth-order valence-corrected chi connectivity index (χ4v) is 3.10. The normalized spacial score (nSPS) is 17.2.